The molecule has 0 amide bonds. The molecule has 0 fully saturated rings. The standard InChI is InChI=1S/C22H24O2S/c1-2-3-4-7-13-24-14-12-17-10-11-20-21(15-17)25-16-18-8-5-6-9-19(18)22(20)23/h5-6,8-12,14-15H,2-4,7,13,16H2,1H3. The number of rotatable bonds is 7. The largest absolute Gasteiger partial charge is 0.501 e. The van der Waals surface area contributed by atoms with Gasteiger partial charge < -0.3 is 4.74 Å². The summed E-state index contributed by atoms with van der Waals surface area (Å²) in [6, 6.07) is 13.9. The lowest BCUT2D eigenvalue weighted by atomic mass is 9.98. The smallest absolute Gasteiger partial charge is 0.194 e. The number of thioether (sulfide) groups is 1. The highest BCUT2D eigenvalue weighted by molar-refractivity contribution is 7.98. The molecule has 0 N–H and O–H groups in total. The predicted molar refractivity (Wildman–Crippen MR) is 105 cm³/mol. The van der Waals surface area contributed by atoms with E-state index in [2.05, 4.69) is 13.0 Å². The molecule has 0 spiro atoms. The topological polar surface area (TPSA) is 26.3 Å². The molecule has 0 aliphatic carbocycles. The number of hydrogen-bond donors (Lipinski definition) is 0. The number of benzene rings is 2. The Morgan fingerprint density at radius 1 is 1.08 bits per heavy atom. The second-order valence-electron chi connectivity index (χ2n) is 6.26. The molecule has 0 saturated carbocycles. The van der Waals surface area contributed by atoms with Crippen LogP contribution in [0.15, 0.2) is 53.6 Å². The summed E-state index contributed by atoms with van der Waals surface area (Å²) in [7, 11) is 0. The first-order chi connectivity index (χ1) is 12.3. The lowest BCUT2D eigenvalue weighted by molar-refractivity contribution is 0.103. The molecule has 1 heterocycles. The van der Waals surface area contributed by atoms with Crippen LogP contribution in [0.25, 0.3) is 6.08 Å². The first-order valence-electron chi connectivity index (χ1n) is 8.97. The van der Waals surface area contributed by atoms with Crippen LogP contribution in [0, 0.1) is 0 Å². The average molecular weight is 352 g/mol. The first kappa shape index (κ1) is 17.8. The molecule has 0 atom stereocenters. The summed E-state index contributed by atoms with van der Waals surface area (Å²) in [5.74, 6) is 0.953. The Balaban J connectivity index is 1.66. The summed E-state index contributed by atoms with van der Waals surface area (Å²) in [6.45, 7) is 2.98. The van der Waals surface area contributed by atoms with Crippen LogP contribution in [0.1, 0.15) is 59.7 Å². The van der Waals surface area contributed by atoms with E-state index in [0.29, 0.717) is 0 Å². The van der Waals surface area contributed by atoms with Gasteiger partial charge in [0.1, 0.15) is 0 Å². The first-order valence-corrected chi connectivity index (χ1v) is 9.95. The molecular formula is C22H24O2S. The van der Waals surface area contributed by atoms with E-state index in [9.17, 15) is 4.79 Å². The van der Waals surface area contributed by atoms with Crippen molar-refractivity contribution < 1.29 is 9.53 Å². The van der Waals surface area contributed by atoms with Gasteiger partial charge in [-0.25, -0.2) is 0 Å². The lowest BCUT2D eigenvalue weighted by Crippen LogP contribution is -2.03. The zero-order chi connectivity index (χ0) is 17.5. The van der Waals surface area contributed by atoms with Gasteiger partial charge in [0, 0.05) is 21.8 Å². The van der Waals surface area contributed by atoms with Gasteiger partial charge in [-0.2, -0.15) is 0 Å². The fourth-order valence-corrected chi connectivity index (χ4v) is 4.02. The number of ether oxygens (including phenoxy) is 1. The van der Waals surface area contributed by atoms with Crippen LogP contribution in [0.4, 0.5) is 0 Å². The maximum atomic E-state index is 12.8. The van der Waals surface area contributed by atoms with Gasteiger partial charge in [0.05, 0.1) is 12.9 Å². The molecule has 3 rings (SSSR count). The maximum Gasteiger partial charge on any atom is 0.194 e. The summed E-state index contributed by atoms with van der Waals surface area (Å²) in [5, 5.41) is 0. The molecular weight excluding hydrogens is 328 g/mol. The molecule has 130 valence electrons. The summed E-state index contributed by atoms with van der Waals surface area (Å²) >= 11 is 1.73. The molecule has 3 heteroatoms. The molecule has 25 heavy (non-hydrogen) atoms. The van der Waals surface area contributed by atoms with Crippen molar-refractivity contribution in [2.75, 3.05) is 6.61 Å². The monoisotopic (exact) mass is 352 g/mol. The van der Waals surface area contributed by atoms with Crippen molar-refractivity contribution in [1.29, 1.82) is 0 Å². The normalized spacial score (nSPS) is 13.4. The van der Waals surface area contributed by atoms with Crippen molar-refractivity contribution >= 4 is 23.6 Å². The molecule has 1 aliphatic heterocycles. The van der Waals surface area contributed by atoms with Crippen LogP contribution in [-0.2, 0) is 10.5 Å². The van der Waals surface area contributed by atoms with Crippen molar-refractivity contribution in [2.24, 2.45) is 0 Å². The summed E-state index contributed by atoms with van der Waals surface area (Å²) in [6.07, 6.45) is 8.58. The highest BCUT2D eigenvalue weighted by Crippen LogP contribution is 2.34. The minimum Gasteiger partial charge on any atom is -0.501 e. The van der Waals surface area contributed by atoms with Gasteiger partial charge in [0.25, 0.3) is 0 Å². The van der Waals surface area contributed by atoms with Crippen LogP contribution in [0.3, 0.4) is 0 Å². The molecule has 0 aromatic heterocycles. The zero-order valence-electron chi connectivity index (χ0n) is 14.7. The SMILES string of the molecule is CCCCCCOC=Cc1ccc2c(c1)SCc1ccccc1C2=O. The Hall–Kier alpha value is -2.00. The second kappa shape index (κ2) is 8.91. The fourth-order valence-electron chi connectivity index (χ4n) is 2.92. The van der Waals surface area contributed by atoms with Gasteiger partial charge in [0.2, 0.25) is 0 Å². The van der Waals surface area contributed by atoms with Crippen molar-refractivity contribution in [3.05, 3.63) is 71.0 Å². The van der Waals surface area contributed by atoms with Gasteiger partial charge in [-0.1, -0.05) is 56.5 Å². The molecule has 2 aromatic rings. The van der Waals surface area contributed by atoms with Gasteiger partial charge in [0.15, 0.2) is 5.78 Å². The molecule has 0 radical (unpaired) electrons. The van der Waals surface area contributed by atoms with Gasteiger partial charge in [-0.3, -0.25) is 4.79 Å². The number of unbranched alkanes of at least 4 members (excludes halogenated alkanes) is 3. The second-order valence-corrected chi connectivity index (χ2v) is 7.28. The quantitative estimate of drug-likeness (QED) is 0.445. The summed E-state index contributed by atoms with van der Waals surface area (Å²) in [4.78, 5) is 13.8. The van der Waals surface area contributed by atoms with Crippen LogP contribution >= 0.6 is 11.8 Å². The van der Waals surface area contributed by atoms with Crippen molar-refractivity contribution in [3.63, 3.8) is 0 Å². The number of hydrogen-bond acceptors (Lipinski definition) is 3. The van der Waals surface area contributed by atoms with E-state index < -0.39 is 0 Å². The van der Waals surface area contributed by atoms with Crippen LogP contribution < -0.4 is 0 Å². The molecule has 0 unspecified atom stereocenters. The lowest BCUT2D eigenvalue weighted by Gasteiger charge is -2.06. The van der Waals surface area contributed by atoms with E-state index in [4.69, 9.17) is 4.74 Å². The molecule has 0 bridgehead atoms. The molecule has 2 nitrogen and oxygen atoms in total. The number of carbonyl (C=O) groups excluding carboxylic acids is 1. The Bertz CT molecular complexity index is 764. The van der Waals surface area contributed by atoms with Crippen molar-refractivity contribution in [2.45, 2.75) is 43.3 Å². The zero-order valence-corrected chi connectivity index (χ0v) is 15.5. The number of fused-ring (bicyclic) bond motifs is 2. The van der Waals surface area contributed by atoms with Gasteiger partial charge >= 0.3 is 0 Å². The average Bonchev–Trinajstić information content (AvgIpc) is 2.78. The Labute approximate surface area is 154 Å². The van der Waals surface area contributed by atoms with E-state index in [1.54, 1.807) is 18.0 Å². The van der Waals surface area contributed by atoms with Crippen molar-refractivity contribution in [1.82, 2.24) is 0 Å². The third kappa shape index (κ3) is 4.55. The third-order valence-electron chi connectivity index (χ3n) is 4.37. The van der Waals surface area contributed by atoms with E-state index in [0.717, 1.165) is 45.9 Å². The molecule has 1 aliphatic rings. The minimum atomic E-state index is 0.123. The van der Waals surface area contributed by atoms with E-state index in [-0.39, 0.29) is 5.78 Å². The van der Waals surface area contributed by atoms with Gasteiger partial charge in [-0.15, -0.1) is 11.8 Å². The van der Waals surface area contributed by atoms with E-state index >= 15 is 0 Å². The van der Waals surface area contributed by atoms with E-state index in [1.807, 2.05) is 42.5 Å². The summed E-state index contributed by atoms with van der Waals surface area (Å²) in [5.41, 5.74) is 3.81. The molecule has 0 saturated heterocycles. The fraction of sp³-hybridized carbons (Fsp3) is 0.318. The highest BCUT2D eigenvalue weighted by Gasteiger charge is 2.21. The highest BCUT2D eigenvalue weighted by atomic mass is 32.2. The Kier molecular flexibility index (Phi) is 6.35. The van der Waals surface area contributed by atoms with Crippen LogP contribution in [0.2, 0.25) is 0 Å². The van der Waals surface area contributed by atoms with Crippen LogP contribution in [-0.4, -0.2) is 12.4 Å². The minimum absolute atomic E-state index is 0.123. The van der Waals surface area contributed by atoms with Crippen molar-refractivity contribution in [3.8, 4) is 0 Å². The predicted octanol–water partition coefficient (Wildman–Crippen LogP) is 6.09. The number of ketones is 1. The van der Waals surface area contributed by atoms with Gasteiger partial charge in [-0.05, 0) is 35.8 Å². The Morgan fingerprint density at radius 2 is 1.96 bits per heavy atom. The summed E-state index contributed by atoms with van der Waals surface area (Å²) < 4.78 is 5.57. The third-order valence-corrected chi connectivity index (χ3v) is 5.47. The van der Waals surface area contributed by atoms with E-state index in [1.165, 1.54) is 19.3 Å². The molecule has 2 aromatic carbocycles. The Morgan fingerprint density at radius 3 is 2.84 bits per heavy atom. The maximum absolute atomic E-state index is 12.8. The number of carbonyl (C=O) groups is 1. The van der Waals surface area contributed by atoms with Crippen LogP contribution in [0.5, 0.6) is 0 Å².